The van der Waals surface area contributed by atoms with Crippen molar-refractivity contribution < 1.29 is 4.79 Å². The first kappa shape index (κ1) is 12.7. The van der Waals surface area contributed by atoms with Crippen LogP contribution in [0.15, 0.2) is 22.9 Å². The number of carbonyl (C=O) groups is 1. The van der Waals surface area contributed by atoms with Gasteiger partial charge in [0.1, 0.15) is 0 Å². The van der Waals surface area contributed by atoms with E-state index in [2.05, 4.69) is 26.2 Å². The van der Waals surface area contributed by atoms with Gasteiger partial charge in [-0.05, 0) is 60.3 Å². The summed E-state index contributed by atoms with van der Waals surface area (Å²) in [7, 11) is 0. The molecule has 1 unspecified atom stereocenters. The molecule has 1 aliphatic rings. The van der Waals surface area contributed by atoms with Gasteiger partial charge < -0.3 is 5.32 Å². The molecule has 0 saturated carbocycles. The highest BCUT2D eigenvalue weighted by molar-refractivity contribution is 9.10. The predicted octanol–water partition coefficient (Wildman–Crippen LogP) is 2.49. The van der Waals surface area contributed by atoms with E-state index >= 15 is 0 Å². The minimum atomic E-state index is -0.347. The van der Waals surface area contributed by atoms with Crippen LogP contribution in [0.3, 0.4) is 0 Å². The van der Waals surface area contributed by atoms with Gasteiger partial charge in [-0.2, -0.15) is 0 Å². The quantitative estimate of drug-likeness (QED) is 0.932. The number of nitrogens with zero attached hydrogens (tertiary/aromatic N) is 1. The molecule has 2 rings (SSSR count). The summed E-state index contributed by atoms with van der Waals surface area (Å²) in [6, 6.07) is 1.96. The van der Waals surface area contributed by atoms with E-state index in [-0.39, 0.29) is 11.3 Å². The minimum absolute atomic E-state index is 0.261. The summed E-state index contributed by atoms with van der Waals surface area (Å²) in [6.07, 6.45) is 7.18. The number of Topliss-reactive ketones (excluding diaryl/α,β-unsaturated/α-hetero) is 1. The summed E-state index contributed by atoms with van der Waals surface area (Å²) in [4.78, 5) is 16.4. The van der Waals surface area contributed by atoms with E-state index in [1.807, 2.05) is 13.0 Å². The van der Waals surface area contributed by atoms with Crippen LogP contribution in [0.25, 0.3) is 0 Å². The first-order valence-corrected chi connectivity index (χ1v) is 6.77. The number of carbonyl (C=O) groups excluding carboxylic acids is 1. The zero-order valence-corrected chi connectivity index (χ0v) is 11.6. The van der Waals surface area contributed by atoms with Crippen molar-refractivity contribution in [2.45, 2.75) is 38.1 Å². The average Bonchev–Trinajstić information content (AvgIpc) is 2.30. The van der Waals surface area contributed by atoms with Crippen LogP contribution in [0, 0.1) is 0 Å². The zero-order valence-electron chi connectivity index (χ0n) is 10.0. The Morgan fingerprint density at radius 2 is 2.35 bits per heavy atom. The number of ketones is 1. The van der Waals surface area contributed by atoms with Crippen molar-refractivity contribution in [2.24, 2.45) is 0 Å². The van der Waals surface area contributed by atoms with Crippen LogP contribution in [-0.2, 0) is 11.2 Å². The van der Waals surface area contributed by atoms with Crippen LogP contribution in [0.1, 0.15) is 31.7 Å². The first-order valence-electron chi connectivity index (χ1n) is 5.98. The lowest BCUT2D eigenvalue weighted by Gasteiger charge is -2.33. The first-order chi connectivity index (χ1) is 8.10. The second-order valence-corrected chi connectivity index (χ2v) is 5.74. The number of aromatic nitrogens is 1. The van der Waals surface area contributed by atoms with Crippen molar-refractivity contribution >= 4 is 21.7 Å². The lowest BCUT2D eigenvalue weighted by atomic mass is 9.84. The number of piperidine rings is 1. The Hall–Kier alpha value is -0.740. The zero-order chi connectivity index (χ0) is 12.3. The predicted molar refractivity (Wildman–Crippen MR) is 70.9 cm³/mol. The second-order valence-electron chi connectivity index (χ2n) is 4.83. The molecule has 1 aromatic heterocycles. The summed E-state index contributed by atoms with van der Waals surface area (Å²) in [5, 5.41) is 3.35. The molecular formula is C13H17BrN2O. The fraction of sp³-hybridized carbons (Fsp3) is 0.538. The molecule has 1 saturated heterocycles. The van der Waals surface area contributed by atoms with E-state index in [9.17, 15) is 4.79 Å². The number of rotatable bonds is 3. The van der Waals surface area contributed by atoms with Crippen LogP contribution in [0.5, 0.6) is 0 Å². The molecule has 1 atom stereocenters. The molecule has 0 bridgehead atoms. The number of hydrogen-bond donors (Lipinski definition) is 1. The Bertz CT molecular complexity index is 414. The summed E-state index contributed by atoms with van der Waals surface area (Å²) in [5.41, 5.74) is 0.624. The minimum Gasteiger partial charge on any atom is -0.305 e. The van der Waals surface area contributed by atoms with Crippen molar-refractivity contribution in [1.82, 2.24) is 10.3 Å². The molecule has 3 nitrogen and oxygen atoms in total. The Morgan fingerprint density at radius 3 is 3.00 bits per heavy atom. The highest BCUT2D eigenvalue weighted by Gasteiger charge is 2.33. The van der Waals surface area contributed by atoms with Gasteiger partial charge in [0.25, 0.3) is 0 Å². The van der Waals surface area contributed by atoms with Crippen LogP contribution in [0.4, 0.5) is 0 Å². The van der Waals surface area contributed by atoms with Gasteiger partial charge in [0.2, 0.25) is 0 Å². The molecule has 2 heterocycles. The third-order valence-electron chi connectivity index (χ3n) is 3.36. The molecule has 0 aromatic carbocycles. The van der Waals surface area contributed by atoms with Crippen LogP contribution < -0.4 is 5.32 Å². The molecule has 4 heteroatoms. The van der Waals surface area contributed by atoms with Crippen LogP contribution in [-0.4, -0.2) is 22.9 Å². The van der Waals surface area contributed by atoms with Crippen molar-refractivity contribution in [1.29, 1.82) is 0 Å². The van der Waals surface area contributed by atoms with Gasteiger partial charge in [-0.1, -0.05) is 0 Å². The molecule has 17 heavy (non-hydrogen) atoms. The Labute approximate surface area is 110 Å². The van der Waals surface area contributed by atoms with Gasteiger partial charge in [0, 0.05) is 23.3 Å². The summed E-state index contributed by atoms with van der Waals surface area (Å²) in [6.45, 7) is 2.96. The van der Waals surface area contributed by atoms with E-state index in [0.717, 1.165) is 29.4 Å². The van der Waals surface area contributed by atoms with E-state index in [0.29, 0.717) is 6.42 Å². The van der Waals surface area contributed by atoms with Crippen molar-refractivity contribution in [3.8, 4) is 0 Å². The standard InChI is InChI=1S/C13H17BrN2O/c1-13(4-2-3-5-16-13)12(17)7-10-6-11(14)9-15-8-10/h6,8-9,16H,2-5,7H2,1H3. The maximum absolute atomic E-state index is 12.3. The topological polar surface area (TPSA) is 42.0 Å². The number of pyridine rings is 1. The van der Waals surface area contributed by atoms with Gasteiger partial charge in [0.15, 0.2) is 5.78 Å². The molecule has 1 N–H and O–H groups in total. The van der Waals surface area contributed by atoms with Gasteiger partial charge in [0.05, 0.1) is 5.54 Å². The number of hydrogen-bond acceptors (Lipinski definition) is 3. The Morgan fingerprint density at radius 1 is 1.53 bits per heavy atom. The third kappa shape index (κ3) is 3.13. The highest BCUT2D eigenvalue weighted by Crippen LogP contribution is 2.22. The lowest BCUT2D eigenvalue weighted by molar-refractivity contribution is -0.125. The van der Waals surface area contributed by atoms with E-state index in [4.69, 9.17) is 0 Å². The summed E-state index contributed by atoms with van der Waals surface area (Å²) in [5.74, 6) is 0.261. The largest absolute Gasteiger partial charge is 0.305 e. The van der Waals surface area contributed by atoms with Crippen LogP contribution >= 0.6 is 15.9 Å². The summed E-state index contributed by atoms with van der Waals surface area (Å²) < 4.78 is 0.921. The second kappa shape index (κ2) is 5.27. The van der Waals surface area contributed by atoms with Gasteiger partial charge in [-0.3, -0.25) is 9.78 Å². The van der Waals surface area contributed by atoms with Crippen molar-refractivity contribution in [3.63, 3.8) is 0 Å². The fourth-order valence-electron chi connectivity index (χ4n) is 2.23. The van der Waals surface area contributed by atoms with E-state index in [1.165, 1.54) is 6.42 Å². The Kier molecular flexibility index (Phi) is 3.94. The third-order valence-corrected chi connectivity index (χ3v) is 3.79. The molecule has 0 amide bonds. The summed E-state index contributed by atoms with van der Waals surface area (Å²) >= 11 is 3.37. The molecule has 0 aliphatic carbocycles. The van der Waals surface area contributed by atoms with Crippen molar-refractivity contribution in [2.75, 3.05) is 6.54 Å². The molecule has 1 fully saturated rings. The number of nitrogens with one attached hydrogen (secondary N) is 1. The molecule has 0 spiro atoms. The Balaban J connectivity index is 2.05. The molecule has 92 valence electrons. The lowest BCUT2D eigenvalue weighted by Crippen LogP contribution is -2.52. The molecular weight excluding hydrogens is 280 g/mol. The van der Waals surface area contributed by atoms with Gasteiger partial charge >= 0.3 is 0 Å². The SMILES string of the molecule is CC1(C(=O)Cc2cncc(Br)c2)CCCCN1. The van der Waals surface area contributed by atoms with E-state index < -0.39 is 0 Å². The average molecular weight is 297 g/mol. The van der Waals surface area contributed by atoms with Gasteiger partial charge in [-0.15, -0.1) is 0 Å². The van der Waals surface area contributed by atoms with Crippen LogP contribution in [0.2, 0.25) is 0 Å². The maximum Gasteiger partial charge on any atom is 0.156 e. The van der Waals surface area contributed by atoms with E-state index in [1.54, 1.807) is 12.4 Å². The van der Waals surface area contributed by atoms with Gasteiger partial charge in [-0.25, -0.2) is 0 Å². The molecule has 0 radical (unpaired) electrons. The maximum atomic E-state index is 12.3. The highest BCUT2D eigenvalue weighted by atomic mass is 79.9. The monoisotopic (exact) mass is 296 g/mol. The number of halogens is 1. The normalized spacial score (nSPS) is 24.6. The smallest absolute Gasteiger partial charge is 0.156 e. The molecule has 1 aromatic rings. The van der Waals surface area contributed by atoms with Crippen molar-refractivity contribution in [3.05, 3.63) is 28.5 Å². The fourth-order valence-corrected chi connectivity index (χ4v) is 2.64. The molecule has 1 aliphatic heterocycles.